The molecule has 8 heteroatoms. The van der Waals surface area contributed by atoms with E-state index in [1.807, 2.05) is 61.5 Å². The number of ether oxygens (including phenoxy) is 1. The zero-order chi connectivity index (χ0) is 20.8. The fourth-order valence-electron chi connectivity index (χ4n) is 2.76. The molecule has 0 aliphatic heterocycles. The molecule has 2 aromatic carbocycles. The van der Waals surface area contributed by atoms with Crippen molar-refractivity contribution in [2.75, 3.05) is 17.2 Å². The zero-order valence-corrected chi connectivity index (χ0v) is 16.3. The minimum atomic E-state index is -0.318. The van der Waals surface area contributed by atoms with Crippen LogP contribution in [0.5, 0.6) is 11.5 Å². The van der Waals surface area contributed by atoms with Gasteiger partial charge in [0.2, 0.25) is 0 Å². The summed E-state index contributed by atoms with van der Waals surface area (Å²) in [6, 6.07) is 20.2. The molecule has 4 rings (SSSR count). The smallest absolute Gasteiger partial charge is 0.320 e. The Morgan fingerprint density at radius 2 is 1.73 bits per heavy atom. The number of aromatic nitrogens is 3. The van der Waals surface area contributed by atoms with Gasteiger partial charge in [0, 0.05) is 18.3 Å². The fraction of sp³-hybridized carbons (Fsp3) is 0.0909. The molecular formula is C22H20N6O2. The first-order valence-corrected chi connectivity index (χ1v) is 9.48. The van der Waals surface area contributed by atoms with Crippen LogP contribution < -0.4 is 20.7 Å². The van der Waals surface area contributed by atoms with Gasteiger partial charge in [-0.25, -0.2) is 19.7 Å². The Balaban J connectivity index is 1.52. The number of carbonyl (C=O) groups is 1. The molecule has 30 heavy (non-hydrogen) atoms. The Labute approximate surface area is 173 Å². The summed E-state index contributed by atoms with van der Waals surface area (Å²) < 4.78 is 5.86. The number of nitrogens with zero attached hydrogens (tertiary/aromatic N) is 3. The first kappa shape index (κ1) is 19.1. The average Bonchev–Trinajstić information content (AvgIpc) is 2.75. The first-order valence-electron chi connectivity index (χ1n) is 9.48. The van der Waals surface area contributed by atoms with Crippen molar-refractivity contribution in [3.05, 3.63) is 72.9 Å². The molecule has 0 atom stereocenters. The number of para-hydroxylation sites is 1. The van der Waals surface area contributed by atoms with Crippen LogP contribution in [0.1, 0.15) is 6.92 Å². The second-order valence-corrected chi connectivity index (χ2v) is 6.35. The zero-order valence-electron chi connectivity index (χ0n) is 16.3. The number of anilines is 3. The SMILES string of the molecule is CCNC(=O)Nc1ccc2ncc(Nc3cccc(Oc4ccccc4)c3)nc2n1. The van der Waals surface area contributed by atoms with E-state index in [2.05, 4.69) is 30.9 Å². The fourth-order valence-corrected chi connectivity index (χ4v) is 2.76. The molecule has 0 fully saturated rings. The van der Waals surface area contributed by atoms with Crippen molar-refractivity contribution in [1.29, 1.82) is 0 Å². The van der Waals surface area contributed by atoms with Crippen molar-refractivity contribution < 1.29 is 9.53 Å². The van der Waals surface area contributed by atoms with Crippen molar-refractivity contribution >= 4 is 34.5 Å². The number of urea groups is 1. The molecule has 0 unspecified atom stereocenters. The van der Waals surface area contributed by atoms with Crippen LogP contribution >= 0.6 is 0 Å². The number of nitrogens with one attached hydrogen (secondary N) is 3. The Bertz CT molecular complexity index is 1170. The Morgan fingerprint density at radius 3 is 2.57 bits per heavy atom. The van der Waals surface area contributed by atoms with E-state index in [1.165, 1.54) is 0 Å². The molecule has 0 aliphatic rings. The van der Waals surface area contributed by atoms with E-state index in [0.717, 1.165) is 11.4 Å². The van der Waals surface area contributed by atoms with Gasteiger partial charge in [-0.2, -0.15) is 0 Å². The lowest BCUT2D eigenvalue weighted by Gasteiger charge is -2.10. The Hall–Kier alpha value is -4.20. The Morgan fingerprint density at radius 1 is 0.933 bits per heavy atom. The van der Waals surface area contributed by atoms with Gasteiger partial charge in [-0.05, 0) is 43.3 Å². The highest BCUT2D eigenvalue weighted by atomic mass is 16.5. The van der Waals surface area contributed by atoms with Gasteiger partial charge in [0.1, 0.15) is 22.8 Å². The van der Waals surface area contributed by atoms with Crippen LogP contribution in [0, 0.1) is 0 Å². The molecule has 0 saturated heterocycles. The number of benzene rings is 2. The number of carbonyl (C=O) groups excluding carboxylic acids is 1. The molecule has 150 valence electrons. The van der Waals surface area contributed by atoms with Gasteiger partial charge in [0.15, 0.2) is 11.5 Å². The first-order chi connectivity index (χ1) is 14.7. The van der Waals surface area contributed by atoms with Crippen LogP contribution in [0.15, 0.2) is 72.9 Å². The Kier molecular flexibility index (Phi) is 5.66. The molecule has 0 radical (unpaired) electrons. The van der Waals surface area contributed by atoms with Crippen molar-refractivity contribution in [3.8, 4) is 11.5 Å². The van der Waals surface area contributed by atoms with E-state index in [4.69, 9.17) is 4.74 Å². The molecule has 8 nitrogen and oxygen atoms in total. The maximum Gasteiger partial charge on any atom is 0.320 e. The highest BCUT2D eigenvalue weighted by molar-refractivity contribution is 5.89. The minimum absolute atomic E-state index is 0.318. The normalized spacial score (nSPS) is 10.4. The molecular weight excluding hydrogens is 380 g/mol. The molecule has 2 amide bonds. The second-order valence-electron chi connectivity index (χ2n) is 6.35. The van der Waals surface area contributed by atoms with Crippen molar-refractivity contribution in [1.82, 2.24) is 20.3 Å². The second kappa shape index (κ2) is 8.87. The number of rotatable bonds is 6. The third-order valence-electron chi connectivity index (χ3n) is 4.07. The molecule has 4 aromatic rings. The van der Waals surface area contributed by atoms with Crippen molar-refractivity contribution in [2.24, 2.45) is 0 Å². The average molecular weight is 400 g/mol. The monoisotopic (exact) mass is 400 g/mol. The third-order valence-corrected chi connectivity index (χ3v) is 4.07. The van der Waals surface area contributed by atoms with Gasteiger partial charge in [-0.1, -0.05) is 24.3 Å². The number of fused-ring (bicyclic) bond motifs is 1. The van der Waals surface area contributed by atoms with E-state index < -0.39 is 0 Å². The van der Waals surface area contributed by atoms with Gasteiger partial charge in [-0.3, -0.25) is 5.32 Å². The maximum atomic E-state index is 11.7. The molecule has 0 aliphatic carbocycles. The van der Waals surface area contributed by atoms with E-state index in [9.17, 15) is 4.79 Å². The highest BCUT2D eigenvalue weighted by Gasteiger charge is 2.07. The summed E-state index contributed by atoms with van der Waals surface area (Å²) in [5.41, 5.74) is 1.85. The van der Waals surface area contributed by atoms with E-state index in [0.29, 0.717) is 35.1 Å². The summed E-state index contributed by atoms with van der Waals surface area (Å²) in [6.07, 6.45) is 1.63. The van der Waals surface area contributed by atoms with E-state index in [1.54, 1.807) is 18.3 Å². The van der Waals surface area contributed by atoms with Crippen molar-refractivity contribution in [2.45, 2.75) is 6.92 Å². The lowest BCUT2D eigenvalue weighted by molar-refractivity contribution is 0.252. The van der Waals surface area contributed by atoms with Crippen LogP contribution in [-0.2, 0) is 0 Å². The standard InChI is InChI=1S/C22H20N6O2/c1-2-23-22(29)28-19-12-11-18-21(26-19)27-20(14-24-18)25-15-7-6-10-17(13-15)30-16-8-4-3-5-9-16/h3-14H,2H2,1H3,(H3,23,25,26,27,28,29). The molecule has 2 aromatic heterocycles. The summed E-state index contributed by atoms with van der Waals surface area (Å²) >= 11 is 0. The molecule has 0 spiro atoms. The summed E-state index contributed by atoms with van der Waals surface area (Å²) in [5, 5.41) is 8.54. The molecule has 2 heterocycles. The van der Waals surface area contributed by atoms with Crippen LogP contribution in [0.3, 0.4) is 0 Å². The van der Waals surface area contributed by atoms with Gasteiger partial charge >= 0.3 is 6.03 Å². The topological polar surface area (TPSA) is 101 Å². The maximum absolute atomic E-state index is 11.7. The van der Waals surface area contributed by atoms with E-state index >= 15 is 0 Å². The van der Waals surface area contributed by atoms with Crippen LogP contribution in [-0.4, -0.2) is 27.5 Å². The van der Waals surface area contributed by atoms with Crippen LogP contribution in [0.2, 0.25) is 0 Å². The van der Waals surface area contributed by atoms with E-state index in [-0.39, 0.29) is 6.03 Å². The lowest BCUT2D eigenvalue weighted by Crippen LogP contribution is -2.28. The predicted molar refractivity (Wildman–Crippen MR) is 116 cm³/mol. The summed E-state index contributed by atoms with van der Waals surface area (Å²) in [5.74, 6) is 2.39. The largest absolute Gasteiger partial charge is 0.457 e. The quantitative estimate of drug-likeness (QED) is 0.434. The minimum Gasteiger partial charge on any atom is -0.457 e. The lowest BCUT2D eigenvalue weighted by atomic mass is 10.3. The highest BCUT2D eigenvalue weighted by Crippen LogP contribution is 2.25. The number of pyridine rings is 1. The van der Waals surface area contributed by atoms with Crippen LogP contribution in [0.4, 0.5) is 22.1 Å². The number of hydrogen-bond acceptors (Lipinski definition) is 6. The summed E-state index contributed by atoms with van der Waals surface area (Å²) in [4.78, 5) is 24.9. The predicted octanol–water partition coefficient (Wildman–Crippen LogP) is 4.70. The summed E-state index contributed by atoms with van der Waals surface area (Å²) in [7, 11) is 0. The third kappa shape index (κ3) is 4.79. The summed E-state index contributed by atoms with van der Waals surface area (Å²) in [6.45, 7) is 2.37. The number of amides is 2. The van der Waals surface area contributed by atoms with Gasteiger partial charge in [-0.15, -0.1) is 0 Å². The van der Waals surface area contributed by atoms with Crippen molar-refractivity contribution in [3.63, 3.8) is 0 Å². The molecule has 0 bridgehead atoms. The van der Waals surface area contributed by atoms with Gasteiger partial charge in [0.05, 0.1) is 6.20 Å². The van der Waals surface area contributed by atoms with Crippen LogP contribution in [0.25, 0.3) is 11.2 Å². The number of hydrogen-bond donors (Lipinski definition) is 3. The van der Waals surface area contributed by atoms with Gasteiger partial charge < -0.3 is 15.4 Å². The van der Waals surface area contributed by atoms with Gasteiger partial charge in [0.25, 0.3) is 0 Å². The molecule has 3 N–H and O–H groups in total. The molecule has 0 saturated carbocycles.